The molecule has 2 aromatic rings. The molecule has 0 bridgehead atoms. The summed E-state index contributed by atoms with van der Waals surface area (Å²) >= 11 is 0. The van der Waals surface area contributed by atoms with E-state index in [1.165, 1.54) is 68.0 Å². The van der Waals surface area contributed by atoms with Crippen LogP contribution in [0, 0.1) is 10.4 Å². The second-order valence-corrected chi connectivity index (χ2v) is 7.30. The minimum absolute atomic E-state index is 0. The van der Waals surface area contributed by atoms with E-state index in [9.17, 15) is 0 Å². The summed E-state index contributed by atoms with van der Waals surface area (Å²) in [5.41, 5.74) is 7.14. The first-order valence-electron chi connectivity index (χ1n) is 9.43. The molecule has 2 aromatic carbocycles. The van der Waals surface area contributed by atoms with Crippen molar-refractivity contribution in [3.05, 3.63) is 86.1 Å². The van der Waals surface area contributed by atoms with Crippen LogP contribution in [0.25, 0.3) is 17.2 Å². The fraction of sp³-hybridized carbons (Fsp3) is 0.280. The summed E-state index contributed by atoms with van der Waals surface area (Å²) in [6, 6.07) is 13.2. The Morgan fingerprint density at radius 2 is 1.75 bits per heavy atom. The zero-order valence-electron chi connectivity index (χ0n) is 16.7. The first kappa shape index (κ1) is 25.0. The van der Waals surface area contributed by atoms with E-state index in [0.29, 0.717) is 0 Å². The first-order valence-corrected chi connectivity index (χ1v) is 9.43. The van der Waals surface area contributed by atoms with Crippen molar-refractivity contribution in [1.29, 1.82) is 0 Å². The average molecular weight is 444 g/mol. The molecule has 1 radical (unpaired) electrons. The fourth-order valence-corrected chi connectivity index (χ4v) is 4.06. The van der Waals surface area contributed by atoms with Gasteiger partial charge in [0.15, 0.2) is 0 Å². The van der Waals surface area contributed by atoms with E-state index in [4.69, 9.17) is 0 Å². The second kappa shape index (κ2) is 10.7. The minimum Gasteiger partial charge on any atom is -1.00 e. The number of unbranched alkanes of at least 4 members (excludes halogenated alkanes) is 1. The molecular weight excluding hydrogens is 419 g/mol. The van der Waals surface area contributed by atoms with Crippen molar-refractivity contribution in [2.45, 2.75) is 46.5 Å². The van der Waals surface area contributed by atoms with E-state index in [-0.39, 0.29) is 46.5 Å². The van der Waals surface area contributed by atoms with Crippen LogP contribution in [0.15, 0.2) is 54.1 Å². The van der Waals surface area contributed by atoms with Crippen LogP contribution < -0.4 is 35.3 Å². The molecular formula is C25H25Cl2Ti. The molecule has 0 aliphatic heterocycles. The molecule has 2 aliphatic carbocycles. The summed E-state index contributed by atoms with van der Waals surface area (Å²) < 4.78 is 0. The van der Waals surface area contributed by atoms with Gasteiger partial charge in [-0.15, -0.1) is 33.4 Å². The van der Waals surface area contributed by atoms with Crippen molar-refractivity contribution in [2.75, 3.05) is 0 Å². The molecule has 2 aliphatic rings. The Morgan fingerprint density at radius 3 is 2.46 bits per heavy atom. The van der Waals surface area contributed by atoms with Gasteiger partial charge in [-0.2, -0.15) is 0 Å². The third kappa shape index (κ3) is 4.41. The van der Waals surface area contributed by atoms with Crippen LogP contribution >= 0.6 is 0 Å². The van der Waals surface area contributed by atoms with Crippen LogP contribution in [-0.2, 0) is 21.7 Å². The summed E-state index contributed by atoms with van der Waals surface area (Å²) in [4.78, 5) is 0. The van der Waals surface area contributed by atoms with Gasteiger partial charge in [-0.1, -0.05) is 83.3 Å². The largest absolute Gasteiger partial charge is 3.00 e. The molecule has 0 spiro atoms. The maximum absolute atomic E-state index is 3.72. The van der Waals surface area contributed by atoms with E-state index in [0.717, 1.165) is 6.42 Å². The molecule has 3 heteroatoms. The quantitative estimate of drug-likeness (QED) is 0.362. The Morgan fingerprint density at radius 1 is 1.00 bits per heavy atom. The summed E-state index contributed by atoms with van der Waals surface area (Å²) in [6.07, 6.45) is 13.1. The molecule has 143 valence electrons. The summed E-state index contributed by atoms with van der Waals surface area (Å²) in [7, 11) is 0. The van der Waals surface area contributed by atoms with E-state index in [1.807, 2.05) is 0 Å². The Labute approximate surface area is 195 Å². The number of rotatable bonds is 4. The van der Waals surface area contributed by atoms with Crippen LogP contribution in [0.3, 0.4) is 0 Å². The van der Waals surface area contributed by atoms with Crippen LogP contribution in [0.5, 0.6) is 0 Å². The van der Waals surface area contributed by atoms with Crippen molar-refractivity contribution in [1.82, 2.24) is 0 Å². The van der Waals surface area contributed by atoms with Gasteiger partial charge in [0.2, 0.25) is 0 Å². The van der Waals surface area contributed by atoms with Crippen molar-refractivity contribution in [3.8, 4) is 0 Å². The molecule has 0 atom stereocenters. The van der Waals surface area contributed by atoms with E-state index in [1.54, 1.807) is 0 Å². The number of hydrogen-bond acceptors (Lipinski definition) is 0. The Balaban J connectivity index is 0.00000131. The molecule has 0 amide bonds. The van der Waals surface area contributed by atoms with E-state index in [2.05, 4.69) is 75.4 Å². The van der Waals surface area contributed by atoms with Crippen molar-refractivity contribution < 1.29 is 46.5 Å². The molecule has 0 fully saturated rings. The van der Waals surface area contributed by atoms with Crippen LogP contribution in [-0.4, -0.2) is 0 Å². The Kier molecular flexibility index (Phi) is 9.51. The maximum Gasteiger partial charge on any atom is 3.00 e. The van der Waals surface area contributed by atoms with Gasteiger partial charge < -0.3 is 24.8 Å². The maximum atomic E-state index is 3.72. The molecule has 4 rings (SSSR count). The number of benzene rings is 2. The summed E-state index contributed by atoms with van der Waals surface area (Å²) in [5, 5.41) is 5.27. The van der Waals surface area contributed by atoms with Crippen molar-refractivity contribution in [3.63, 3.8) is 0 Å². The number of fused-ring (bicyclic) bond motifs is 2. The molecule has 0 saturated carbocycles. The normalized spacial score (nSPS) is 13.0. The molecule has 0 N–H and O–H groups in total. The zero-order valence-corrected chi connectivity index (χ0v) is 19.8. The van der Waals surface area contributed by atoms with Gasteiger partial charge in [0.05, 0.1) is 0 Å². The average Bonchev–Trinajstić information content (AvgIpc) is 3.23. The Hall–Kier alpha value is -1.05. The number of hydrogen-bond donors (Lipinski definition) is 0. The predicted molar refractivity (Wildman–Crippen MR) is 107 cm³/mol. The van der Waals surface area contributed by atoms with Crippen LogP contribution in [0.2, 0.25) is 0 Å². The summed E-state index contributed by atoms with van der Waals surface area (Å²) in [5.74, 6) is 0. The molecule has 0 unspecified atom stereocenters. The van der Waals surface area contributed by atoms with Gasteiger partial charge in [-0.05, 0) is 33.1 Å². The summed E-state index contributed by atoms with van der Waals surface area (Å²) in [6.45, 7) is 6.72. The third-order valence-corrected chi connectivity index (χ3v) is 5.35. The smallest absolute Gasteiger partial charge is 1.00 e. The third-order valence-electron chi connectivity index (χ3n) is 5.35. The zero-order chi connectivity index (χ0) is 17.4. The van der Waals surface area contributed by atoms with Gasteiger partial charge >= 0.3 is 21.7 Å². The topological polar surface area (TPSA) is 0 Å². The first-order chi connectivity index (χ1) is 12.2. The fourth-order valence-electron chi connectivity index (χ4n) is 4.06. The second-order valence-electron chi connectivity index (χ2n) is 7.30. The van der Waals surface area contributed by atoms with Gasteiger partial charge in [0.25, 0.3) is 0 Å². The number of halogens is 2. The number of allylic oxidation sites excluding steroid dienone is 4. The Bertz CT molecular complexity index is 1120. The van der Waals surface area contributed by atoms with Crippen LogP contribution in [0.4, 0.5) is 0 Å². The van der Waals surface area contributed by atoms with Gasteiger partial charge in [0, 0.05) is 0 Å². The van der Waals surface area contributed by atoms with Crippen LogP contribution in [0.1, 0.15) is 57.6 Å². The molecule has 0 saturated heterocycles. The van der Waals surface area contributed by atoms with Crippen molar-refractivity contribution in [2.24, 2.45) is 0 Å². The monoisotopic (exact) mass is 443 g/mol. The predicted octanol–water partition coefficient (Wildman–Crippen LogP) is -0.908. The molecule has 0 aromatic heterocycles. The van der Waals surface area contributed by atoms with Gasteiger partial charge in [-0.3, -0.25) is 0 Å². The van der Waals surface area contributed by atoms with E-state index >= 15 is 0 Å². The molecule has 0 nitrogen and oxygen atoms in total. The van der Waals surface area contributed by atoms with Gasteiger partial charge in [-0.25, -0.2) is 0 Å². The standard InChI is InChI=1S/C25H25.2ClH.Ti/c1-4-5-9-18-11-8-13-22(18)25-20(17(2)3)14-15-23-21-12-7-6-10-19(21)16-24(23)25;;;/h6-8,10-12,14-15H,4-5,9,13H2,1-3H3;2*1H;/q-1;;;+3/p-2. The van der Waals surface area contributed by atoms with Gasteiger partial charge in [0.1, 0.15) is 0 Å². The SMILES string of the molecule is CCCCC1=C(c2c3c(ccc2=C(C)C)=c2ccccc2=[C-]3)CC=C1.[Cl-].[Cl-].[Ti+3]. The minimum atomic E-state index is 0. The van der Waals surface area contributed by atoms with Crippen molar-refractivity contribution >= 4 is 17.2 Å². The van der Waals surface area contributed by atoms with E-state index < -0.39 is 0 Å². The molecule has 28 heavy (non-hydrogen) atoms. The molecule has 0 heterocycles.